The highest BCUT2D eigenvalue weighted by Crippen LogP contribution is 2.36. The van der Waals surface area contributed by atoms with Gasteiger partial charge in [0.25, 0.3) is 0 Å². The van der Waals surface area contributed by atoms with Crippen molar-refractivity contribution < 1.29 is 13.2 Å². The van der Waals surface area contributed by atoms with Crippen LogP contribution in [0.5, 0.6) is 0 Å². The Morgan fingerprint density at radius 1 is 1.04 bits per heavy atom. The van der Waals surface area contributed by atoms with Gasteiger partial charge in [0.1, 0.15) is 4.90 Å². The van der Waals surface area contributed by atoms with E-state index in [-0.39, 0.29) is 38.3 Å². The second-order valence-corrected chi connectivity index (χ2v) is 10.5. The number of nitrogens with one attached hydrogen (secondary N) is 1. The Bertz CT molecular complexity index is 806. The molecule has 0 bridgehead atoms. The van der Waals surface area contributed by atoms with Crippen LogP contribution in [-0.4, -0.2) is 49.8 Å². The normalized spacial score (nSPS) is 22.2. The fraction of sp³-hybridized carbons (Fsp3) is 0.611. The predicted molar refractivity (Wildman–Crippen MR) is 111 cm³/mol. The number of nitrogens with zero attached hydrogens (tertiary/aromatic N) is 2. The minimum atomic E-state index is -3.87. The predicted octanol–water partition coefficient (Wildman–Crippen LogP) is 3.95. The van der Waals surface area contributed by atoms with Gasteiger partial charge in [0.05, 0.1) is 10.0 Å². The molecule has 1 aromatic rings. The van der Waals surface area contributed by atoms with Gasteiger partial charge in [-0.3, -0.25) is 10.2 Å². The SMILES string of the molecule is O=C(CC1CCCN(S(=O)(=O)c2c(Cl)cc(Cl)cc2Cl)C1)NN1CCCCC1. The number of halogens is 3. The van der Waals surface area contributed by atoms with Crippen LogP contribution in [0.3, 0.4) is 0 Å². The van der Waals surface area contributed by atoms with Crippen molar-refractivity contribution in [1.29, 1.82) is 0 Å². The number of benzene rings is 1. The molecule has 2 aliphatic heterocycles. The Hall–Kier alpha value is -0.570. The Morgan fingerprint density at radius 3 is 2.32 bits per heavy atom. The van der Waals surface area contributed by atoms with Gasteiger partial charge in [-0.1, -0.05) is 41.2 Å². The van der Waals surface area contributed by atoms with E-state index in [0.29, 0.717) is 19.4 Å². The molecule has 1 aromatic carbocycles. The molecule has 0 radical (unpaired) electrons. The van der Waals surface area contributed by atoms with E-state index in [2.05, 4.69) is 5.43 Å². The van der Waals surface area contributed by atoms with Crippen LogP contribution in [0.2, 0.25) is 15.1 Å². The molecule has 0 saturated carbocycles. The largest absolute Gasteiger partial charge is 0.289 e. The molecular weight excluding hydrogens is 445 g/mol. The molecule has 1 atom stereocenters. The summed E-state index contributed by atoms with van der Waals surface area (Å²) >= 11 is 18.1. The topological polar surface area (TPSA) is 69.7 Å². The second-order valence-electron chi connectivity index (χ2n) is 7.36. The first-order valence-electron chi connectivity index (χ1n) is 9.46. The first kappa shape index (κ1) is 22.1. The summed E-state index contributed by atoms with van der Waals surface area (Å²) in [5, 5.41) is 2.24. The first-order valence-corrected chi connectivity index (χ1v) is 12.0. The fourth-order valence-corrected chi connectivity index (χ4v) is 6.85. The molecule has 28 heavy (non-hydrogen) atoms. The van der Waals surface area contributed by atoms with Crippen molar-refractivity contribution in [3.05, 3.63) is 27.2 Å². The summed E-state index contributed by atoms with van der Waals surface area (Å²) < 4.78 is 27.6. The van der Waals surface area contributed by atoms with Crippen molar-refractivity contribution >= 4 is 50.7 Å². The molecule has 2 aliphatic rings. The maximum absolute atomic E-state index is 13.1. The summed E-state index contributed by atoms with van der Waals surface area (Å²) in [5.41, 5.74) is 2.95. The lowest BCUT2D eigenvalue weighted by atomic mass is 9.96. The van der Waals surface area contributed by atoms with E-state index < -0.39 is 10.0 Å². The molecule has 2 heterocycles. The number of hydrogen-bond donors (Lipinski definition) is 1. The van der Waals surface area contributed by atoms with Crippen molar-refractivity contribution in [2.24, 2.45) is 5.92 Å². The van der Waals surface area contributed by atoms with Crippen LogP contribution in [0.4, 0.5) is 0 Å². The summed E-state index contributed by atoms with van der Waals surface area (Å²) in [6, 6.07) is 2.74. The number of amides is 1. The van der Waals surface area contributed by atoms with Gasteiger partial charge in [-0.15, -0.1) is 0 Å². The van der Waals surface area contributed by atoms with Crippen molar-refractivity contribution in [1.82, 2.24) is 14.7 Å². The van der Waals surface area contributed by atoms with Crippen LogP contribution in [0, 0.1) is 5.92 Å². The number of piperidine rings is 2. The third kappa shape index (κ3) is 5.32. The van der Waals surface area contributed by atoms with E-state index in [9.17, 15) is 13.2 Å². The van der Waals surface area contributed by atoms with Crippen molar-refractivity contribution in [3.63, 3.8) is 0 Å². The zero-order valence-corrected chi connectivity index (χ0v) is 18.5. The summed E-state index contributed by atoms with van der Waals surface area (Å²) in [7, 11) is -3.87. The quantitative estimate of drug-likeness (QED) is 0.710. The second kappa shape index (κ2) is 9.49. The highest BCUT2D eigenvalue weighted by Gasteiger charge is 2.34. The monoisotopic (exact) mass is 467 g/mol. The number of hydrogen-bond acceptors (Lipinski definition) is 4. The van der Waals surface area contributed by atoms with E-state index in [0.717, 1.165) is 32.4 Å². The summed E-state index contributed by atoms with van der Waals surface area (Å²) in [4.78, 5) is 12.2. The maximum atomic E-state index is 13.1. The van der Waals surface area contributed by atoms with Crippen LogP contribution < -0.4 is 5.43 Å². The number of carbonyl (C=O) groups excluding carboxylic acids is 1. The summed E-state index contributed by atoms with van der Waals surface area (Å²) in [6.07, 6.45) is 5.14. The molecule has 156 valence electrons. The molecule has 2 saturated heterocycles. The van der Waals surface area contributed by atoms with Gasteiger partial charge in [0.2, 0.25) is 15.9 Å². The third-order valence-corrected chi connectivity index (χ3v) is 8.16. The molecule has 0 spiro atoms. The smallest absolute Gasteiger partial charge is 0.246 e. The van der Waals surface area contributed by atoms with E-state index in [1.807, 2.05) is 5.01 Å². The minimum absolute atomic E-state index is 0.00228. The van der Waals surface area contributed by atoms with Crippen molar-refractivity contribution in [2.45, 2.75) is 43.4 Å². The molecule has 1 unspecified atom stereocenters. The lowest BCUT2D eigenvalue weighted by Gasteiger charge is -2.33. The minimum Gasteiger partial charge on any atom is -0.289 e. The van der Waals surface area contributed by atoms with E-state index in [1.165, 1.54) is 22.9 Å². The van der Waals surface area contributed by atoms with Crippen LogP contribution in [-0.2, 0) is 14.8 Å². The summed E-state index contributed by atoms with van der Waals surface area (Å²) in [5.74, 6) is -0.105. The van der Waals surface area contributed by atoms with E-state index >= 15 is 0 Å². The van der Waals surface area contributed by atoms with E-state index in [4.69, 9.17) is 34.8 Å². The Kier molecular flexibility index (Phi) is 7.50. The van der Waals surface area contributed by atoms with Crippen LogP contribution in [0.1, 0.15) is 38.5 Å². The number of carbonyl (C=O) groups is 1. The molecule has 1 N–H and O–H groups in total. The fourth-order valence-electron chi connectivity index (χ4n) is 3.81. The van der Waals surface area contributed by atoms with E-state index in [1.54, 1.807) is 0 Å². The van der Waals surface area contributed by atoms with Crippen LogP contribution in [0.15, 0.2) is 17.0 Å². The van der Waals surface area contributed by atoms with Gasteiger partial charge in [0.15, 0.2) is 0 Å². The molecule has 10 heteroatoms. The van der Waals surface area contributed by atoms with Gasteiger partial charge >= 0.3 is 0 Å². The van der Waals surface area contributed by atoms with Gasteiger partial charge in [-0.25, -0.2) is 13.4 Å². The lowest BCUT2D eigenvalue weighted by molar-refractivity contribution is -0.127. The Labute approximate surface area is 181 Å². The molecule has 3 rings (SSSR count). The molecule has 1 amide bonds. The molecule has 0 aromatic heterocycles. The van der Waals surface area contributed by atoms with Crippen molar-refractivity contribution in [2.75, 3.05) is 26.2 Å². The van der Waals surface area contributed by atoms with Crippen molar-refractivity contribution in [3.8, 4) is 0 Å². The number of rotatable bonds is 5. The average Bonchev–Trinajstić information content (AvgIpc) is 2.61. The third-order valence-electron chi connectivity index (χ3n) is 5.16. The maximum Gasteiger partial charge on any atom is 0.246 e. The molecule has 6 nitrogen and oxygen atoms in total. The van der Waals surface area contributed by atoms with Gasteiger partial charge in [0, 0.05) is 37.6 Å². The van der Waals surface area contributed by atoms with Gasteiger partial charge in [-0.2, -0.15) is 4.31 Å². The molecular formula is C18H24Cl3N3O3S. The Balaban J connectivity index is 1.66. The number of hydrazine groups is 1. The number of sulfonamides is 1. The lowest BCUT2D eigenvalue weighted by Crippen LogP contribution is -2.47. The van der Waals surface area contributed by atoms with Crippen LogP contribution >= 0.6 is 34.8 Å². The zero-order chi connectivity index (χ0) is 20.3. The Morgan fingerprint density at radius 2 is 1.68 bits per heavy atom. The standard InChI is InChI=1S/C18H24Cl3N3O3S/c19-14-10-15(20)18(16(21)11-14)28(26,27)24-8-4-5-13(12-24)9-17(25)22-23-6-2-1-3-7-23/h10-11,13H,1-9,12H2,(H,22,25). The highest BCUT2D eigenvalue weighted by molar-refractivity contribution is 7.89. The summed E-state index contributed by atoms with van der Waals surface area (Å²) in [6.45, 7) is 2.38. The van der Waals surface area contributed by atoms with Gasteiger partial charge in [-0.05, 0) is 43.7 Å². The molecule has 2 fully saturated rings. The zero-order valence-electron chi connectivity index (χ0n) is 15.5. The van der Waals surface area contributed by atoms with Gasteiger partial charge < -0.3 is 0 Å². The first-order chi connectivity index (χ1) is 13.3. The average molecular weight is 469 g/mol. The highest BCUT2D eigenvalue weighted by atomic mass is 35.5. The van der Waals surface area contributed by atoms with Crippen LogP contribution in [0.25, 0.3) is 0 Å². The molecule has 0 aliphatic carbocycles.